The SMILES string of the molecule is COc1cc(OC)c2[nH]c(C(=O)OCc3nnc(-c4ccc(Cl)cc4)o3)cc2c1. The van der Waals surface area contributed by atoms with Crippen LogP contribution in [-0.2, 0) is 11.3 Å². The first-order valence-corrected chi connectivity index (χ1v) is 8.95. The number of benzene rings is 2. The van der Waals surface area contributed by atoms with Gasteiger partial charge in [0.2, 0.25) is 5.89 Å². The van der Waals surface area contributed by atoms with Crippen molar-refractivity contribution < 1.29 is 23.4 Å². The van der Waals surface area contributed by atoms with Gasteiger partial charge in [-0.1, -0.05) is 11.6 Å². The minimum Gasteiger partial charge on any atom is -0.497 e. The van der Waals surface area contributed by atoms with Crippen LogP contribution in [0.4, 0.5) is 0 Å². The Bertz CT molecular complexity index is 1170. The number of carbonyl (C=O) groups excluding carboxylic acids is 1. The molecular weight excluding hydrogens is 398 g/mol. The maximum Gasteiger partial charge on any atom is 0.355 e. The Morgan fingerprint density at radius 2 is 1.90 bits per heavy atom. The van der Waals surface area contributed by atoms with Gasteiger partial charge < -0.3 is 23.6 Å². The summed E-state index contributed by atoms with van der Waals surface area (Å²) in [6.45, 7) is -0.157. The largest absolute Gasteiger partial charge is 0.497 e. The van der Waals surface area contributed by atoms with Crippen LogP contribution in [0.25, 0.3) is 22.4 Å². The molecule has 0 aliphatic rings. The topological polar surface area (TPSA) is 99.5 Å². The van der Waals surface area contributed by atoms with E-state index in [0.717, 1.165) is 10.9 Å². The lowest BCUT2D eigenvalue weighted by Gasteiger charge is -2.05. The molecule has 0 bridgehead atoms. The summed E-state index contributed by atoms with van der Waals surface area (Å²) in [5.74, 6) is 1.11. The highest BCUT2D eigenvalue weighted by molar-refractivity contribution is 6.30. The molecule has 0 amide bonds. The number of methoxy groups -OCH3 is 2. The summed E-state index contributed by atoms with van der Waals surface area (Å²) in [6, 6.07) is 12.2. The zero-order valence-electron chi connectivity index (χ0n) is 15.6. The monoisotopic (exact) mass is 413 g/mol. The van der Waals surface area contributed by atoms with Crippen molar-refractivity contribution in [2.24, 2.45) is 0 Å². The first-order valence-electron chi connectivity index (χ1n) is 8.57. The van der Waals surface area contributed by atoms with E-state index in [4.69, 9.17) is 30.2 Å². The second kappa shape index (κ2) is 7.84. The van der Waals surface area contributed by atoms with Gasteiger partial charge in [0.25, 0.3) is 5.89 Å². The van der Waals surface area contributed by atoms with E-state index in [1.54, 1.807) is 56.7 Å². The molecule has 4 aromatic rings. The van der Waals surface area contributed by atoms with Crippen molar-refractivity contribution in [2.45, 2.75) is 6.61 Å². The quantitative estimate of drug-likeness (QED) is 0.472. The van der Waals surface area contributed by atoms with Crippen molar-refractivity contribution in [3.8, 4) is 23.0 Å². The molecule has 148 valence electrons. The van der Waals surface area contributed by atoms with E-state index in [0.29, 0.717) is 27.9 Å². The molecule has 0 atom stereocenters. The minimum atomic E-state index is -0.562. The van der Waals surface area contributed by atoms with Crippen LogP contribution in [0.5, 0.6) is 11.5 Å². The van der Waals surface area contributed by atoms with Gasteiger partial charge in [0, 0.05) is 22.0 Å². The number of aromatic nitrogens is 3. The number of nitrogens with zero attached hydrogens (tertiary/aromatic N) is 2. The van der Waals surface area contributed by atoms with E-state index in [2.05, 4.69) is 15.2 Å². The number of H-pyrrole nitrogens is 1. The van der Waals surface area contributed by atoms with Crippen molar-refractivity contribution in [1.82, 2.24) is 15.2 Å². The molecule has 2 aromatic heterocycles. The number of ether oxygens (including phenoxy) is 3. The second-order valence-corrected chi connectivity index (χ2v) is 6.50. The molecule has 8 nitrogen and oxygen atoms in total. The van der Waals surface area contributed by atoms with Gasteiger partial charge in [0.05, 0.1) is 19.7 Å². The first-order chi connectivity index (χ1) is 14.1. The Morgan fingerprint density at radius 3 is 2.62 bits per heavy atom. The highest BCUT2D eigenvalue weighted by Gasteiger charge is 2.16. The van der Waals surface area contributed by atoms with E-state index in [9.17, 15) is 4.79 Å². The zero-order chi connectivity index (χ0) is 20.4. The van der Waals surface area contributed by atoms with E-state index < -0.39 is 5.97 Å². The molecule has 2 aromatic carbocycles. The standard InChI is InChI=1S/C20H16ClN3O5/c1-26-14-7-12-8-15(22-18(12)16(9-14)27-2)20(25)28-10-17-23-24-19(29-17)11-3-5-13(21)6-4-11/h3-9,22H,10H2,1-2H3. The fourth-order valence-electron chi connectivity index (χ4n) is 2.80. The van der Waals surface area contributed by atoms with Crippen LogP contribution in [0, 0.1) is 0 Å². The number of carbonyl (C=O) groups is 1. The summed E-state index contributed by atoms with van der Waals surface area (Å²) in [5, 5.41) is 9.22. The maximum atomic E-state index is 12.4. The highest BCUT2D eigenvalue weighted by atomic mass is 35.5. The molecule has 2 heterocycles. The average molecular weight is 414 g/mol. The molecule has 0 saturated carbocycles. The lowest BCUT2D eigenvalue weighted by molar-refractivity contribution is 0.0433. The highest BCUT2D eigenvalue weighted by Crippen LogP contribution is 2.31. The summed E-state index contributed by atoms with van der Waals surface area (Å²) < 4.78 is 21.4. The fraction of sp³-hybridized carbons (Fsp3) is 0.150. The number of aromatic amines is 1. The maximum absolute atomic E-state index is 12.4. The number of esters is 1. The van der Waals surface area contributed by atoms with Crippen molar-refractivity contribution in [2.75, 3.05) is 14.2 Å². The van der Waals surface area contributed by atoms with Crippen LogP contribution >= 0.6 is 11.6 Å². The number of rotatable bonds is 6. The second-order valence-electron chi connectivity index (χ2n) is 6.06. The molecule has 0 unspecified atom stereocenters. The predicted octanol–water partition coefficient (Wildman–Crippen LogP) is 4.25. The van der Waals surface area contributed by atoms with Crippen LogP contribution in [0.3, 0.4) is 0 Å². The van der Waals surface area contributed by atoms with Crippen molar-refractivity contribution in [1.29, 1.82) is 0 Å². The number of halogens is 1. The van der Waals surface area contributed by atoms with E-state index >= 15 is 0 Å². The third-order valence-corrected chi connectivity index (χ3v) is 4.48. The number of hydrogen-bond donors (Lipinski definition) is 1. The van der Waals surface area contributed by atoms with Gasteiger partial charge in [-0.2, -0.15) is 0 Å². The summed E-state index contributed by atoms with van der Waals surface area (Å²) >= 11 is 5.87. The van der Waals surface area contributed by atoms with E-state index in [1.807, 2.05) is 0 Å². The molecule has 0 aliphatic carbocycles. The number of nitrogens with one attached hydrogen (secondary N) is 1. The van der Waals surface area contributed by atoms with Gasteiger partial charge in [-0.15, -0.1) is 10.2 Å². The minimum absolute atomic E-state index is 0.157. The average Bonchev–Trinajstić information content (AvgIpc) is 3.39. The third kappa shape index (κ3) is 3.88. The molecule has 0 radical (unpaired) electrons. The van der Waals surface area contributed by atoms with Gasteiger partial charge in [0.15, 0.2) is 6.61 Å². The lowest BCUT2D eigenvalue weighted by Crippen LogP contribution is -2.05. The third-order valence-electron chi connectivity index (χ3n) is 4.23. The van der Waals surface area contributed by atoms with Crippen molar-refractivity contribution in [3.63, 3.8) is 0 Å². The van der Waals surface area contributed by atoms with Crippen molar-refractivity contribution >= 4 is 28.5 Å². The molecule has 0 aliphatic heterocycles. The van der Waals surface area contributed by atoms with Crippen molar-refractivity contribution in [3.05, 3.63) is 59.1 Å². The van der Waals surface area contributed by atoms with Crippen LogP contribution < -0.4 is 9.47 Å². The number of fused-ring (bicyclic) bond motifs is 1. The predicted molar refractivity (Wildman–Crippen MR) is 105 cm³/mol. The van der Waals surface area contributed by atoms with Gasteiger partial charge in [-0.3, -0.25) is 0 Å². The molecule has 0 saturated heterocycles. The smallest absolute Gasteiger partial charge is 0.355 e. The molecule has 29 heavy (non-hydrogen) atoms. The van der Waals surface area contributed by atoms with Gasteiger partial charge in [0.1, 0.15) is 17.2 Å². The van der Waals surface area contributed by atoms with Crippen LogP contribution in [0.2, 0.25) is 5.02 Å². The van der Waals surface area contributed by atoms with Crippen LogP contribution in [0.15, 0.2) is 46.9 Å². The Hall–Kier alpha value is -3.52. The van der Waals surface area contributed by atoms with Crippen LogP contribution in [-0.4, -0.2) is 35.4 Å². The Labute approximate surface area is 170 Å². The summed E-state index contributed by atoms with van der Waals surface area (Å²) in [6.07, 6.45) is 0. The van der Waals surface area contributed by atoms with Crippen LogP contribution in [0.1, 0.15) is 16.4 Å². The Kier molecular flexibility index (Phi) is 5.09. The Morgan fingerprint density at radius 1 is 1.10 bits per heavy atom. The summed E-state index contributed by atoms with van der Waals surface area (Å²) in [4.78, 5) is 15.4. The molecule has 0 fully saturated rings. The number of hydrogen-bond acceptors (Lipinski definition) is 7. The lowest BCUT2D eigenvalue weighted by atomic mass is 10.2. The molecule has 9 heteroatoms. The fourth-order valence-corrected chi connectivity index (χ4v) is 2.93. The van der Waals surface area contributed by atoms with Gasteiger partial charge in [-0.05, 0) is 36.4 Å². The molecule has 0 spiro atoms. The molecular formula is C20H16ClN3O5. The zero-order valence-corrected chi connectivity index (χ0v) is 16.3. The molecule has 1 N–H and O–H groups in total. The van der Waals surface area contributed by atoms with E-state index in [1.165, 1.54) is 0 Å². The van der Waals surface area contributed by atoms with Gasteiger partial charge >= 0.3 is 5.97 Å². The van der Waals surface area contributed by atoms with E-state index in [-0.39, 0.29) is 18.2 Å². The summed E-state index contributed by atoms with van der Waals surface area (Å²) in [5.41, 5.74) is 1.66. The summed E-state index contributed by atoms with van der Waals surface area (Å²) in [7, 11) is 3.10. The molecule has 4 rings (SSSR count). The Balaban J connectivity index is 1.48. The first kappa shape index (κ1) is 18.8. The van der Waals surface area contributed by atoms with Gasteiger partial charge in [-0.25, -0.2) is 4.79 Å². The normalized spacial score (nSPS) is 10.9.